The number of hydrogen-bond acceptors (Lipinski definition) is 3. The lowest BCUT2D eigenvalue weighted by Gasteiger charge is -2.13. The van der Waals surface area contributed by atoms with Crippen LogP contribution < -0.4 is 4.72 Å². The van der Waals surface area contributed by atoms with E-state index in [0.717, 1.165) is 6.07 Å². The fourth-order valence-corrected chi connectivity index (χ4v) is 3.45. The molecule has 0 aliphatic heterocycles. The van der Waals surface area contributed by atoms with Crippen LogP contribution in [0.25, 0.3) is 0 Å². The molecule has 0 saturated carbocycles. The van der Waals surface area contributed by atoms with Gasteiger partial charge >= 0.3 is 5.97 Å². The summed E-state index contributed by atoms with van der Waals surface area (Å²) in [6, 6.07) is 2.44. The maximum Gasteiger partial charge on any atom is 0.337 e. The van der Waals surface area contributed by atoms with Gasteiger partial charge in [-0.25, -0.2) is 13.2 Å². The largest absolute Gasteiger partial charge is 0.478 e. The number of carbonyl (C=O) groups is 1. The average Bonchev–Trinajstić information content (AvgIpc) is 2.29. The molecule has 0 heterocycles. The summed E-state index contributed by atoms with van der Waals surface area (Å²) < 4.78 is 26.1. The van der Waals surface area contributed by atoms with Gasteiger partial charge in [-0.15, -0.1) is 0 Å². The number of carboxylic acid groups (broad SMARTS) is 1. The summed E-state index contributed by atoms with van der Waals surface area (Å²) in [5, 5.41) is 9.15. The van der Waals surface area contributed by atoms with Crippen molar-refractivity contribution in [2.75, 3.05) is 10.5 Å². The zero-order valence-corrected chi connectivity index (χ0v) is 13.3. The number of hydrogen-bond donors (Lipinski definition) is 2. The van der Waals surface area contributed by atoms with E-state index in [4.69, 9.17) is 28.3 Å². The fourth-order valence-electron chi connectivity index (χ4n) is 1.44. The average molecular weight is 340 g/mol. The van der Waals surface area contributed by atoms with E-state index < -0.39 is 16.0 Å². The Morgan fingerprint density at radius 2 is 1.95 bits per heavy atom. The second kappa shape index (κ2) is 6.65. The monoisotopic (exact) mass is 339 g/mol. The minimum Gasteiger partial charge on any atom is -0.478 e. The summed E-state index contributed by atoms with van der Waals surface area (Å²) in [6.07, 6.45) is 0.461. The Morgan fingerprint density at radius 3 is 2.45 bits per heavy atom. The van der Waals surface area contributed by atoms with Gasteiger partial charge in [-0.05, 0) is 24.5 Å². The highest BCUT2D eigenvalue weighted by molar-refractivity contribution is 7.92. The van der Waals surface area contributed by atoms with Gasteiger partial charge in [0.15, 0.2) is 0 Å². The zero-order chi connectivity index (χ0) is 15.5. The number of carboxylic acids is 1. The van der Waals surface area contributed by atoms with E-state index >= 15 is 0 Å². The first-order valence-corrected chi connectivity index (χ1v) is 8.26. The summed E-state index contributed by atoms with van der Waals surface area (Å²) in [4.78, 5) is 11.1. The van der Waals surface area contributed by atoms with Crippen molar-refractivity contribution in [1.29, 1.82) is 0 Å². The highest BCUT2D eigenvalue weighted by Gasteiger charge is 2.20. The molecule has 112 valence electrons. The first-order valence-electron chi connectivity index (χ1n) is 5.85. The number of sulfonamides is 1. The van der Waals surface area contributed by atoms with Gasteiger partial charge in [0.25, 0.3) is 0 Å². The van der Waals surface area contributed by atoms with Crippen molar-refractivity contribution in [3.63, 3.8) is 0 Å². The van der Waals surface area contributed by atoms with Crippen LogP contribution in [0.3, 0.4) is 0 Å². The van der Waals surface area contributed by atoms with Crippen molar-refractivity contribution in [1.82, 2.24) is 0 Å². The molecule has 0 spiro atoms. The molecule has 0 aliphatic carbocycles. The summed E-state index contributed by atoms with van der Waals surface area (Å²) in [6.45, 7) is 3.79. The highest BCUT2D eigenvalue weighted by atomic mass is 35.5. The van der Waals surface area contributed by atoms with E-state index in [-0.39, 0.29) is 33.0 Å². The Bertz CT molecular complexity index is 614. The number of halogens is 2. The van der Waals surface area contributed by atoms with E-state index in [1.165, 1.54) is 6.07 Å². The SMILES string of the molecule is CC(C)CCS(=O)(=O)Nc1c(Cl)cc(Cl)cc1C(=O)O. The normalized spacial score (nSPS) is 11.7. The molecule has 0 bridgehead atoms. The molecular weight excluding hydrogens is 325 g/mol. The number of benzene rings is 1. The summed E-state index contributed by atoms with van der Waals surface area (Å²) in [7, 11) is -3.66. The molecule has 0 aromatic heterocycles. The third-order valence-corrected chi connectivity index (χ3v) is 4.31. The number of aromatic carboxylic acids is 1. The zero-order valence-electron chi connectivity index (χ0n) is 11.0. The molecule has 20 heavy (non-hydrogen) atoms. The van der Waals surface area contributed by atoms with Crippen LogP contribution >= 0.6 is 23.2 Å². The molecule has 8 heteroatoms. The minimum atomic E-state index is -3.66. The molecule has 0 amide bonds. The lowest BCUT2D eigenvalue weighted by Crippen LogP contribution is -2.20. The van der Waals surface area contributed by atoms with Gasteiger partial charge in [0.1, 0.15) is 0 Å². The van der Waals surface area contributed by atoms with E-state index in [1.807, 2.05) is 13.8 Å². The molecular formula is C12H15Cl2NO4S. The maximum atomic E-state index is 11.9. The molecule has 0 aliphatic rings. The smallest absolute Gasteiger partial charge is 0.337 e. The van der Waals surface area contributed by atoms with Crippen molar-refractivity contribution in [2.45, 2.75) is 20.3 Å². The number of anilines is 1. The Hall–Kier alpha value is -0.980. The Labute approximate surface area is 127 Å². The van der Waals surface area contributed by atoms with Crippen LogP contribution in [0.1, 0.15) is 30.6 Å². The van der Waals surface area contributed by atoms with Crippen LogP contribution in [0.5, 0.6) is 0 Å². The lowest BCUT2D eigenvalue weighted by atomic mass is 10.2. The predicted octanol–water partition coefficient (Wildman–Crippen LogP) is 3.48. The van der Waals surface area contributed by atoms with Crippen molar-refractivity contribution in [2.24, 2.45) is 5.92 Å². The van der Waals surface area contributed by atoms with Crippen LogP contribution in [0.15, 0.2) is 12.1 Å². The quantitative estimate of drug-likeness (QED) is 0.830. The van der Waals surface area contributed by atoms with Gasteiger partial charge < -0.3 is 5.11 Å². The fraction of sp³-hybridized carbons (Fsp3) is 0.417. The van der Waals surface area contributed by atoms with E-state index in [0.29, 0.717) is 6.42 Å². The van der Waals surface area contributed by atoms with Gasteiger partial charge in [0, 0.05) is 5.02 Å². The molecule has 1 rings (SSSR count). The van der Waals surface area contributed by atoms with Crippen LogP contribution in [-0.2, 0) is 10.0 Å². The standard InChI is InChI=1S/C12H15Cl2NO4S/c1-7(2)3-4-20(18,19)15-11-9(12(16)17)5-8(13)6-10(11)14/h5-7,15H,3-4H2,1-2H3,(H,16,17). The molecule has 2 N–H and O–H groups in total. The molecule has 1 aromatic carbocycles. The number of nitrogens with one attached hydrogen (secondary N) is 1. The third-order valence-electron chi connectivity index (χ3n) is 2.51. The van der Waals surface area contributed by atoms with E-state index in [9.17, 15) is 13.2 Å². The van der Waals surface area contributed by atoms with Crippen molar-refractivity contribution >= 4 is 44.9 Å². The van der Waals surface area contributed by atoms with Crippen molar-refractivity contribution in [3.8, 4) is 0 Å². The lowest BCUT2D eigenvalue weighted by molar-refractivity contribution is 0.0698. The first-order chi connectivity index (χ1) is 9.12. The topological polar surface area (TPSA) is 83.5 Å². The Balaban J connectivity index is 3.11. The molecule has 0 radical (unpaired) electrons. The summed E-state index contributed by atoms with van der Waals surface area (Å²) >= 11 is 11.6. The second-order valence-corrected chi connectivity index (χ2v) is 7.40. The van der Waals surface area contributed by atoms with Crippen LogP contribution in [0, 0.1) is 5.92 Å². The summed E-state index contributed by atoms with van der Waals surface area (Å²) in [5.74, 6) is -1.20. The van der Waals surface area contributed by atoms with E-state index in [2.05, 4.69) is 4.72 Å². The predicted molar refractivity (Wildman–Crippen MR) is 80.3 cm³/mol. The molecule has 1 aromatic rings. The first kappa shape index (κ1) is 17.1. The second-order valence-electron chi connectivity index (χ2n) is 4.72. The van der Waals surface area contributed by atoms with Gasteiger partial charge in [-0.1, -0.05) is 37.0 Å². The van der Waals surface area contributed by atoms with Crippen LogP contribution in [0.2, 0.25) is 10.0 Å². The molecule has 0 atom stereocenters. The van der Waals surface area contributed by atoms with E-state index in [1.54, 1.807) is 0 Å². The van der Waals surface area contributed by atoms with Crippen molar-refractivity contribution in [3.05, 3.63) is 27.7 Å². The highest BCUT2D eigenvalue weighted by Crippen LogP contribution is 2.31. The molecule has 0 fully saturated rings. The van der Waals surface area contributed by atoms with Crippen molar-refractivity contribution < 1.29 is 18.3 Å². The van der Waals surface area contributed by atoms with Gasteiger partial charge in [-0.2, -0.15) is 0 Å². The Morgan fingerprint density at radius 1 is 1.35 bits per heavy atom. The summed E-state index contributed by atoms with van der Waals surface area (Å²) in [5.41, 5.74) is -0.442. The third kappa shape index (κ3) is 4.85. The molecule has 0 unspecified atom stereocenters. The molecule has 0 saturated heterocycles. The van der Waals surface area contributed by atoms with Gasteiger partial charge in [0.2, 0.25) is 10.0 Å². The van der Waals surface area contributed by atoms with Crippen LogP contribution in [-0.4, -0.2) is 25.2 Å². The van der Waals surface area contributed by atoms with Crippen LogP contribution in [0.4, 0.5) is 5.69 Å². The van der Waals surface area contributed by atoms with Gasteiger partial charge in [0.05, 0.1) is 22.0 Å². The molecule has 5 nitrogen and oxygen atoms in total. The maximum absolute atomic E-state index is 11.9. The van der Waals surface area contributed by atoms with Gasteiger partial charge in [-0.3, -0.25) is 4.72 Å². The Kier molecular flexibility index (Phi) is 5.68. The minimum absolute atomic E-state index is 0.0528. The number of rotatable bonds is 6.